The normalized spacial score (nSPS) is 13.8. The number of carbonyl (C=O) groups excluding carboxylic acids is 2. The number of carbonyl (C=O) groups is 2. The number of anilines is 2. The zero-order valence-electron chi connectivity index (χ0n) is 16.9. The van der Waals surface area contributed by atoms with Crippen molar-refractivity contribution in [1.82, 2.24) is 10.3 Å². The van der Waals surface area contributed by atoms with Crippen molar-refractivity contribution in [2.24, 2.45) is 0 Å². The van der Waals surface area contributed by atoms with Gasteiger partial charge in [-0.3, -0.25) is 9.59 Å². The van der Waals surface area contributed by atoms with Gasteiger partial charge in [-0.15, -0.1) is 0 Å². The highest BCUT2D eigenvalue weighted by Crippen LogP contribution is 2.20. The first-order valence-corrected chi connectivity index (χ1v) is 10.4. The molecule has 2 heterocycles. The number of piperidine rings is 1. The van der Waals surface area contributed by atoms with Crippen LogP contribution in [0.1, 0.15) is 24.8 Å². The minimum atomic E-state index is -0.292. The molecule has 1 aliphatic rings. The van der Waals surface area contributed by atoms with Crippen LogP contribution in [0.5, 0.6) is 0 Å². The number of benzene rings is 2. The summed E-state index contributed by atoms with van der Waals surface area (Å²) in [4.78, 5) is 31.2. The number of nitrogens with zero attached hydrogens (tertiary/aromatic N) is 2. The maximum Gasteiger partial charge on any atom is 0.244 e. The van der Waals surface area contributed by atoms with E-state index in [9.17, 15) is 9.59 Å². The van der Waals surface area contributed by atoms with Crippen LogP contribution in [0.4, 0.5) is 11.5 Å². The van der Waals surface area contributed by atoms with Gasteiger partial charge in [0.15, 0.2) is 0 Å². The summed E-state index contributed by atoms with van der Waals surface area (Å²) >= 11 is 0. The van der Waals surface area contributed by atoms with Crippen LogP contribution in [0.2, 0.25) is 0 Å². The van der Waals surface area contributed by atoms with Gasteiger partial charge in [0.05, 0.1) is 24.8 Å². The Labute approximate surface area is 176 Å². The van der Waals surface area contributed by atoms with E-state index in [1.807, 2.05) is 48.5 Å². The van der Waals surface area contributed by atoms with Gasteiger partial charge in [-0.25, -0.2) is 4.98 Å². The monoisotopic (exact) mass is 402 g/mol. The molecule has 1 fully saturated rings. The second kappa shape index (κ2) is 9.39. The molecule has 1 saturated heterocycles. The van der Waals surface area contributed by atoms with Gasteiger partial charge in [0.1, 0.15) is 5.82 Å². The fourth-order valence-electron chi connectivity index (χ4n) is 3.85. The van der Waals surface area contributed by atoms with Crippen LogP contribution in [-0.2, 0) is 16.0 Å². The highest BCUT2D eigenvalue weighted by molar-refractivity contribution is 5.95. The molecule has 154 valence electrons. The Kier molecular flexibility index (Phi) is 6.23. The van der Waals surface area contributed by atoms with E-state index in [2.05, 4.69) is 20.5 Å². The number of fused-ring (bicyclic) bond motifs is 1. The third-order valence-corrected chi connectivity index (χ3v) is 5.41. The van der Waals surface area contributed by atoms with Crippen molar-refractivity contribution < 1.29 is 9.59 Å². The van der Waals surface area contributed by atoms with Crippen molar-refractivity contribution in [3.05, 3.63) is 66.4 Å². The maximum atomic E-state index is 12.3. The fraction of sp³-hybridized carbons (Fsp3) is 0.292. The number of rotatable bonds is 6. The first-order valence-electron chi connectivity index (χ1n) is 10.4. The summed E-state index contributed by atoms with van der Waals surface area (Å²) in [6.07, 6.45) is 5.72. The van der Waals surface area contributed by atoms with E-state index in [-0.39, 0.29) is 24.8 Å². The number of aromatic nitrogens is 1. The van der Waals surface area contributed by atoms with E-state index in [4.69, 9.17) is 0 Å². The Morgan fingerprint density at radius 3 is 2.50 bits per heavy atom. The standard InChI is InChI=1S/C24H26N4O2/c29-23(15-19-9-6-8-18-7-2-3-10-21(18)19)26-17-24(30)27-22-12-11-20(16-25-22)28-13-4-1-5-14-28/h2-3,6-12,16H,1,4-5,13-15,17H2,(H,26,29)(H,25,27,30). The predicted molar refractivity (Wildman–Crippen MR) is 120 cm³/mol. The highest BCUT2D eigenvalue weighted by Gasteiger charge is 2.12. The fourth-order valence-corrected chi connectivity index (χ4v) is 3.85. The van der Waals surface area contributed by atoms with Crippen molar-refractivity contribution in [1.29, 1.82) is 0 Å². The molecule has 1 aliphatic heterocycles. The molecule has 6 heteroatoms. The van der Waals surface area contributed by atoms with Gasteiger partial charge in [0.2, 0.25) is 11.8 Å². The Morgan fingerprint density at radius 1 is 0.900 bits per heavy atom. The molecule has 6 nitrogen and oxygen atoms in total. The molecule has 2 aromatic carbocycles. The number of pyridine rings is 1. The van der Waals surface area contributed by atoms with Gasteiger partial charge in [-0.2, -0.15) is 0 Å². The molecule has 3 aromatic rings. The topological polar surface area (TPSA) is 74.3 Å². The lowest BCUT2D eigenvalue weighted by Crippen LogP contribution is -2.34. The molecule has 1 aromatic heterocycles. The maximum absolute atomic E-state index is 12.3. The molecule has 0 saturated carbocycles. The second-order valence-electron chi connectivity index (χ2n) is 7.59. The molecule has 0 radical (unpaired) electrons. The van der Waals surface area contributed by atoms with Gasteiger partial charge in [0.25, 0.3) is 0 Å². The second-order valence-corrected chi connectivity index (χ2v) is 7.59. The van der Waals surface area contributed by atoms with Crippen LogP contribution in [0.15, 0.2) is 60.8 Å². The smallest absolute Gasteiger partial charge is 0.244 e. The molecular weight excluding hydrogens is 376 g/mol. The third-order valence-electron chi connectivity index (χ3n) is 5.41. The predicted octanol–water partition coefficient (Wildman–Crippen LogP) is 3.52. The largest absolute Gasteiger partial charge is 0.370 e. The Bertz CT molecular complexity index is 1020. The van der Waals surface area contributed by atoms with E-state index in [1.165, 1.54) is 19.3 Å². The number of nitrogens with one attached hydrogen (secondary N) is 2. The molecule has 4 rings (SSSR count). The zero-order valence-corrected chi connectivity index (χ0v) is 16.9. The van der Waals surface area contributed by atoms with E-state index in [0.29, 0.717) is 5.82 Å². The number of amides is 2. The summed E-state index contributed by atoms with van der Waals surface area (Å²) in [6.45, 7) is 2.02. The van der Waals surface area contributed by atoms with E-state index in [1.54, 1.807) is 12.3 Å². The minimum absolute atomic E-state index is 0.0842. The SMILES string of the molecule is O=C(Cc1cccc2ccccc12)NCC(=O)Nc1ccc(N2CCCCC2)cn1. The highest BCUT2D eigenvalue weighted by atomic mass is 16.2. The summed E-state index contributed by atoms with van der Waals surface area (Å²) in [5.41, 5.74) is 2.03. The molecule has 2 amide bonds. The third kappa shape index (κ3) is 4.95. The lowest BCUT2D eigenvalue weighted by atomic mass is 10.0. The van der Waals surface area contributed by atoms with Crippen LogP contribution in [0.25, 0.3) is 10.8 Å². The van der Waals surface area contributed by atoms with E-state index >= 15 is 0 Å². The Balaban J connectivity index is 1.27. The summed E-state index contributed by atoms with van der Waals surface area (Å²) in [6, 6.07) is 17.6. The number of hydrogen-bond donors (Lipinski definition) is 2. The molecule has 30 heavy (non-hydrogen) atoms. The molecular formula is C24H26N4O2. The van der Waals surface area contributed by atoms with Crippen LogP contribution >= 0.6 is 0 Å². The first-order chi connectivity index (χ1) is 14.7. The molecule has 2 N–H and O–H groups in total. The summed E-state index contributed by atoms with van der Waals surface area (Å²) < 4.78 is 0. The van der Waals surface area contributed by atoms with Crippen molar-refractivity contribution in [3.8, 4) is 0 Å². The lowest BCUT2D eigenvalue weighted by Gasteiger charge is -2.28. The van der Waals surface area contributed by atoms with Gasteiger partial charge >= 0.3 is 0 Å². The molecule has 0 aliphatic carbocycles. The van der Waals surface area contributed by atoms with Crippen LogP contribution < -0.4 is 15.5 Å². The lowest BCUT2D eigenvalue weighted by molar-refractivity contribution is -0.123. The van der Waals surface area contributed by atoms with Gasteiger partial charge in [-0.1, -0.05) is 42.5 Å². The van der Waals surface area contributed by atoms with Crippen molar-refractivity contribution >= 4 is 34.1 Å². The molecule has 0 spiro atoms. The van der Waals surface area contributed by atoms with Gasteiger partial charge < -0.3 is 15.5 Å². The summed E-state index contributed by atoms with van der Waals surface area (Å²) in [7, 11) is 0. The summed E-state index contributed by atoms with van der Waals surface area (Å²) in [5.74, 6) is 0.0125. The van der Waals surface area contributed by atoms with E-state index < -0.39 is 0 Å². The van der Waals surface area contributed by atoms with Crippen molar-refractivity contribution in [2.45, 2.75) is 25.7 Å². The van der Waals surface area contributed by atoms with Crippen LogP contribution in [0.3, 0.4) is 0 Å². The molecule has 0 bridgehead atoms. The minimum Gasteiger partial charge on any atom is -0.370 e. The molecule has 0 unspecified atom stereocenters. The number of hydrogen-bond acceptors (Lipinski definition) is 4. The average molecular weight is 402 g/mol. The average Bonchev–Trinajstić information content (AvgIpc) is 2.79. The summed E-state index contributed by atoms with van der Waals surface area (Å²) in [5, 5.41) is 7.58. The first kappa shape index (κ1) is 19.9. The van der Waals surface area contributed by atoms with Gasteiger partial charge in [0, 0.05) is 13.1 Å². The van der Waals surface area contributed by atoms with E-state index in [0.717, 1.165) is 35.1 Å². The van der Waals surface area contributed by atoms with Crippen molar-refractivity contribution in [3.63, 3.8) is 0 Å². The zero-order chi connectivity index (χ0) is 20.8. The van der Waals surface area contributed by atoms with Crippen molar-refractivity contribution in [2.75, 3.05) is 29.9 Å². The molecule has 0 atom stereocenters. The van der Waals surface area contributed by atoms with Crippen LogP contribution in [0, 0.1) is 0 Å². The van der Waals surface area contributed by atoms with Crippen LogP contribution in [-0.4, -0.2) is 36.4 Å². The Hall–Kier alpha value is -3.41. The van der Waals surface area contributed by atoms with Gasteiger partial charge in [-0.05, 0) is 47.7 Å². The quantitative estimate of drug-likeness (QED) is 0.662. The Morgan fingerprint density at radius 2 is 1.70 bits per heavy atom.